The number of nitrogens with zero attached hydrogens (tertiary/aromatic N) is 3. The van der Waals surface area contributed by atoms with E-state index in [-0.39, 0.29) is 31.6 Å². The lowest BCUT2D eigenvalue weighted by molar-refractivity contribution is 0.121. The molecule has 31 heavy (non-hydrogen) atoms. The van der Waals surface area contributed by atoms with E-state index >= 15 is 0 Å². The second-order valence-corrected chi connectivity index (χ2v) is 5.02. The number of aromatic nitrogens is 1. The number of carbonyl (C=O) groups is 3. The van der Waals surface area contributed by atoms with Crippen molar-refractivity contribution in [3.05, 3.63) is 36.4 Å². The molecule has 0 atom stereocenters. The van der Waals surface area contributed by atoms with Gasteiger partial charge in [-0.25, -0.2) is 19.4 Å². The van der Waals surface area contributed by atoms with E-state index in [0.717, 1.165) is 0 Å². The molecule has 0 fully saturated rings. The minimum Gasteiger partial charge on any atom is -0.453 e. The van der Waals surface area contributed by atoms with Gasteiger partial charge in [-0.05, 0) is 24.3 Å². The van der Waals surface area contributed by atoms with Crippen LogP contribution in [0.2, 0.25) is 0 Å². The van der Waals surface area contributed by atoms with E-state index in [4.69, 9.17) is 4.74 Å². The molecule has 0 saturated carbocycles. The van der Waals surface area contributed by atoms with Crippen molar-refractivity contribution in [1.82, 2.24) is 4.98 Å². The van der Waals surface area contributed by atoms with Gasteiger partial charge in [-0.3, -0.25) is 10.6 Å². The average molecular weight is 437 g/mol. The van der Waals surface area contributed by atoms with Crippen molar-refractivity contribution in [2.24, 2.45) is 10.2 Å². The Bertz CT molecular complexity index is 944. The first-order chi connectivity index (χ1) is 15.0. The number of anilines is 2. The predicted molar refractivity (Wildman–Crippen MR) is 116 cm³/mol. The van der Waals surface area contributed by atoms with E-state index in [1.165, 1.54) is 39.5 Å². The summed E-state index contributed by atoms with van der Waals surface area (Å²) in [6.45, 7) is 4.00. The van der Waals surface area contributed by atoms with Crippen molar-refractivity contribution < 1.29 is 36.2 Å². The molecule has 12 nitrogen and oxygen atoms in total. The summed E-state index contributed by atoms with van der Waals surface area (Å²) in [5, 5.41) is 12.7. The standard InChI is InChI=1S/C17H17N5O7.C2H6.2H2/c1-26-15(23)19-13-9-8-11(14(18-13)20-16(24)27-2)22-21-10-6-4-5-7-12(10)29-17(25)28-3;1-2;;/h4-9H,1-3H3,(H2,18,19,20,23,24);1-2H3;2*1H. The topological polar surface area (TPSA) is 150 Å². The van der Waals surface area contributed by atoms with Crippen LogP contribution in [0.3, 0.4) is 0 Å². The van der Waals surface area contributed by atoms with E-state index in [1.54, 1.807) is 18.2 Å². The first-order valence-electron chi connectivity index (χ1n) is 8.94. The van der Waals surface area contributed by atoms with Crippen molar-refractivity contribution in [3.63, 3.8) is 0 Å². The highest BCUT2D eigenvalue weighted by Gasteiger charge is 2.13. The van der Waals surface area contributed by atoms with Crippen LogP contribution in [0.5, 0.6) is 5.75 Å². The van der Waals surface area contributed by atoms with Crippen LogP contribution in [0.15, 0.2) is 46.6 Å². The molecule has 1 heterocycles. The molecule has 1 aromatic carbocycles. The van der Waals surface area contributed by atoms with Crippen molar-refractivity contribution in [3.8, 4) is 5.75 Å². The molecule has 0 saturated heterocycles. The number of hydrogen-bond donors (Lipinski definition) is 2. The fourth-order valence-electron chi connectivity index (χ4n) is 1.86. The summed E-state index contributed by atoms with van der Waals surface area (Å²) in [6.07, 6.45) is -2.47. The highest BCUT2D eigenvalue weighted by Crippen LogP contribution is 2.31. The average Bonchev–Trinajstić information content (AvgIpc) is 2.80. The monoisotopic (exact) mass is 437 g/mol. The van der Waals surface area contributed by atoms with Crippen LogP contribution in [0.4, 0.5) is 37.4 Å². The van der Waals surface area contributed by atoms with Gasteiger partial charge in [-0.1, -0.05) is 26.0 Å². The lowest BCUT2D eigenvalue weighted by Crippen LogP contribution is -2.15. The number of para-hydroxylation sites is 1. The summed E-state index contributed by atoms with van der Waals surface area (Å²) >= 11 is 0. The molecule has 0 aliphatic carbocycles. The van der Waals surface area contributed by atoms with Crippen molar-refractivity contribution >= 4 is 41.4 Å². The predicted octanol–water partition coefficient (Wildman–Crippen LogP) is 5.52. The lowest BCUT2D eigenvalue weighted by atomic mass is 10.3. The first-order valence-corrected chi connectivity index (χ1v) is 8.94. The Morgan fingerprint density at radius 3 is 2.10 bits per heavy atom. The molecule has 170 valence electrons. The van der Waals surface area contributed by atoms with E-state index in [1.807, 2.05) is 13.8 Å². The number of pyridine rings is 1. The molecule has 0 unspecified atom stereocenters. The van der Waals surface area contributed by atoms with Gasteiger partial charge in [0.15, 0.2) is 11.6 Å². The SMILES string of the molecule is CC.COC(=O)Nc1ccc(N=Nc2ccccc2OC(=O)OC)c(NC(=O)OC)n1.[HH].[HH]. The summed E-state index contributed by atoms with van der Waals surface area (Å²) in [4.78, 5) is 38.3. The van der Waals surface area contributed by atoms with Gasteiger partial charge in [0, 0.05) is 2.85 Å². The number of benzene rings is 1. The molecule has 2 aromatic rings. The summed E-state index contributed by atoms with van der Waals surface area (Å²) in [7, 11) is 3.54. The van der Waals surface area contributed by atoms with Gasteiger partial charge in [0.1, 0.15) is 17.2 Å². The van der Waals surface area contributed by atoms with Gasteiger partial charge < -0.3 is 18.9 Å². The van der Waals surface area contributed by atoms with Crippen LogP contribution >= 0.6 is 0 Å². The van der Waals surface area contributed by atoms with Gasteiger partial charge >= 0.3 is 18.3 Å². The second-order valence-electron chi connectivity index (χ2n) is 5.02. The lowest BCUT2D eigenvalue weighted by Gasteiger charge is -2.09. The van der Waals surface area contributed by atoms with Crippen molar-refractivity contribution in [1.29, 1.82) is 0 Å². The Balaban J connectivity index is 0. The van der Waals surface area contributed by atoms with Crippen LogP contribution in [0, 0.1) is 0 Å². The van der Waals surface area contributed by atoms with Crippen molar-refractivity contribution in [2.75, 3.05) is 32.0 Å². The third-order valence-electron chi connectivity index (χ3n) is 3.19. The molecular weight excluding hydrogens is 410 g/mol. The Morgan fingerprint density at radius 2 is 1.45 bits per heavy atom. The molecule has 0 spiro atoms. The van der Waals surface area contributed by atoms with Gasteiger partial charge in [0.25, 0.3) is 0 Å². The summed E-state index contributed by atoms with van der Waals surface area (Å²) in [6, 6.07) is 9.21. The molecule has 0 radical (unpaired) electrons. The third kappa shape index (κ3) is 7.97. The first kappa shape index (κ1) is 24.8. The van der Waals surface area contributed by atoms with E-state index in [2.05, 4.69) is 40.1 Å². The van der Waals surface area contributed by atoms with Gasteiger partial charge in [-0.2, -0.15) is 0 Å². The van der Waals surface area contributed by atoms with Crippen molar-refractivity contribution in [2.45, 2.75) is 13.8 Å². The smallest absolute Gasteiger partial charge is 0.453 e. The second kappa shape index (κ2) is 13.1. The largest absolute Gasteiger partial charge is 0.513 e. The minimum atomic E-state index is -0.916. The number of nitrogens with one attached hydrogen (secondary N) is 2. The van der Waals surface area contributed by atoms with Crippen LogP contribution in [0.25, 0.3) is 0 Å². The molecule has 0 aliphatic rings. The zero-order valence-electron chi connectivity index (χ0n) is 17.7. The summed E-state index contributed by atoms with van der Waals surface area (Å²) in [5.41, 5.74) is 0.359. The van der Waals surface area contributed by atoms with Crippen LogP contribution in [0.1, 0.15) is 16.7 Å². The quantitative estimate of drug-likeness (QED) is 0.269. The molecular formula is C19H27N5O7. The summed E-state index contributed by atoms with van der Waals surface area (Å²) < 4.78 is 18.5. The molecule has 0 aliphatic heterocycles. The Morgan fingerprint density at radius 1 is 0.839 bits per heavy atom. The minimum absolute atomic E-state index is 0. The third-order valence-corrected chi connectivity index (χ3v) is 3.19. The van der Waals surface area contributed by atoms with Crippen LogP contribution in [-0.4, -0.2) is 44.7 Å². The van der Waals surface area contributed by atoms with E-state index < -0.39 is 18.3 Å². The van der Waals surface area contributed by atoms with Crippen LogP contribution < -0.4 is 15.4 Å². The Labute approximate surface area is 181 Å². The zero-order chi connectivity index (χ0) is 23.2. The molecule has 12 heteroatoms. The summed E-state index contributed by atoms with van der Waals surface area (Å²) in [5.74, 6) is 0.167. The van der Waals surface area contributed by atoms with Gasteiger partial charge in [0.05, 0.1) is 21.3 Å². The van der Waals surface area contributed by atoms with Crippen LogP contribution in [-0.2, 0) is 14.2 Å². The molecule has 2 N–H and O–H groups in total. The molecule has 2 amide bonds. The maximum Gasteiger partial charge on any atom is 0.513 e. The fourth-order valence-corrected chi connectivity index (χ4v) is 1.86. The maximum atomic E-state index is 11.6. The number of methoxy groups -OCH3 is 3. The maximum absolute atomic E-state index is 11.6. The normalized spacial score (nSPS) is 9.71. The number of hydrogen-bond acceptors (Lipinski definition) is 10. The van der Waals surface area contributed by atoms with E-state index in [9.17, 15) is 14.4 Å². The number of rotatable bonds is 5. The highest BCUT2D eigenvalue weighted by molar-refractivity contribution is 5.89. The zero-order valence-corrected chi connectivity index (χ0v) is 17.7. The highest BCUT2D eigenvalue weighted by atomic mass is 16.7. The molecule has 0 bridgehead atoms. The number of amides is 2. The Hall–Kier alpha value is -4.22. The van der Waals surface area contributed by atoms with E-state index in [0.29, 0.717) is 0 Å². The molecule has 2 rings (SSSR count). The number of azo groups is 1. The van der Waals surface area contributed by atoms with Gasteiger partial charge in [-0.15, -0.1) is 10.2 Å². The fraction of sp³-hybridized carbons (Fsp3) is 0.263. The number of ether oxygens (including phenoxy) is 4. The molecule has 1 aromatic heterocycles. The number of carbonyl (C=O) groups excluding carboxylic acids is 3. The van der Waals surface area contributed by atoms with Gasteiger partial charge in [0.2, 0.25) is 0 Å². The Kier molecular flexibility index (Phi) is 10.5.